The normalized spacial score (nSPS) is 10.8. The molecule has 0 radical (unpaired) electrons. The molecule has 0 bridgehead atoms. The molecule has 1 aromatic heterocycles. The standard InChI is InChI=1S/C27H34N2O6/c1-6-12-29(17-20-13-18-14-21(32-5)10-11-22(18)28-26(20)30)27(31)19-15-23(33-7-2)25(35-9-4)24(16-19)34-8-3/h10-11,13-16H,6-9,12,17H2,1-5H3,(H,28,30). The molecule has 1 N–H and O–H groups in total. The molecule has 0 aliphatic rings. The summed E-state index contributed by atoms with van der Waals surface area (Å²) in [5, 5.41) is 0.834. The fourth-order valence-corrected chi connectivity index (χ4v) is 3.90. The lowest BCUT2D eigenvalue weighted by atomic mass is 10.1. The highest BCUT2D eigenvalue weighted by molar-refractivity contribution is 5.95. The molecule has 0 saturated carbocycles. The van der Waals surface area contributed by atoms with Crippen LogP contribution in [0.1, 0.15) is 50.0 Å². The third kappa shape index (κ3) is 6.07. The number of ether oxygens (including phenoxy) is 4. The van der Waals surface area contributed by atoms with Gasteiger partial charge in [-0.25, -0.2) is 0 Å². The minimum Gasteiger partial charge on any atom is -0.497 e. The maximum Gasteiger partial charge on any atom is 0.254 e. The minimum atomic E-state index is -0.228. The topological polar surface area (TPSA) is 90.1 Å². The lowest BCUT2D eigenvalue weighted by Crippen LogP contribution is -2.33. The van der Waals surface area contributed by atoms with E-state index in [9.17, 15) is 9.59 Å². The Kier molecular flexibility index (Phi) is 9.00. The zero-order valence-corrected chi connectivity index (χ0v) is 21.1. The van der Waals surface area contributed by atoms with Crippen LogP contribution in [-0.2, 0) is 6.54 Å². The second kappa shape index (κ2) is 12.1. The van der Waals surface area contributed by atoms with Crippen LogP contribution in [0.3, 0.4) is 0 Å². The molecular formula is C27H34N2O6. The van der Waals surface area contributed by atoms with E-state index < -0.39 is 0 Å². The summed E-state index contributed by atoms with van der Waals surface area (Å²) in [5.74, 6) is 1.86. The van der Waals surface area contributed by atoms with Gasteiger partial charge in [0.2, 0.25) is 5.75 Å². The number of carbonyl (C=O) groups is 1. The van der Waals surface area contributed by atoms with Crippen molar-refractivity contribution in [3.8, 4) is 23.0 Å². The number of carbonyl (C=O) groups excluding carboxylic acids is 1. The quantitative estimate of drug-likeness (QED) is 0.399. The number of hydrogen-bond acceptors (Lipinski definition) is 6. The Labute approximate surface area is 205 Å². The fraction of sp³-hybridized carbons (Fsp3) is 0.407. The number of hydrogen-bond donors (Lipinski definition) is 1. The molecular weight excluding hydrogens is 448 g/mol. The van der Waals surface area contributed by atoms with E-state index in [2.05, 4.69) is 4.98 Å². The van der Waals surface area contributed by atoms with Gasteiger partial charge in [-0.05, 0) is 63.6 Å². The molecule has 0 saturated heterocycles. The maximum atomic E-state index is 13.6. The molecule has 1 amide bonds. The van der Waals surface area contributed by atoms with Crippen molar-refractivity contribution in [3.63, 3.8) is 0 Å². The van der Waals surface area contributed by atoms with Crippen LogP contribution in [0.4, 0.5) is 0 Å². The van der Waals surface area contributed by atoms with Gasteiger partial charge in [0.1, 0.15) is 5.75 Å². The lowest BCUT2D eigenvalue weighted by Gasteiger charge is -2.24. The Hall–Kier alpha value is -3.68. The van der Waals surface area contributed by atoms with Crippen molar-refractivity contribution >= 4 is 16.8 Å². The van der Waals surface area contributed by atoms with Gasteiger partial charge in [-0.15, -0.1) is 0 Å². The van der Waals surface area contributed by atoms with Gasteiger partial charge in [-0.1, -0.05) is 6.92 Å². The zero-order chi connectivity index (χ0) is 25.4. The SMILES string of the molecule is CCCN(Cc1cc2cc(OC)ccc2[nH]c1=O)C(=O)c1cc(OCC)c(OCC)c(OCC)c1. The molecule has 35 heavy (non-hydrogen) atoms. The van der Waals surface area contributed by atoms with Crippen molar-refractivity contribution in [2.75, 3.05) is 33.5 Å². The predicted molar refractivity (Wildman–Crippen MR) is 136 cm³/mol. The summed E-state index contributed by atoms with van der Waals surface area (Å²) >= 11 is 0. The van der Waals surface area contributed by atoms with Crippen LogP contribution < -0.4 is 24.5 Å². The van der Waals surface area contributed by atoms with Crippen LogP contribution in [-0.4, -0.2) is 49.3 Å². The number of nitrogens with zero attached hydrogens (tertiary/aromatic N) is 1. The summed E-state index contributed by atoms with van der Waals surface area (Å²) in [6, 6.07) is 10.6. The highest BCUT2D eigenvalue weighted by Gasteiger charge is 2.23. The fourth-order valence-electron chi connectivity index (χ4n) is 3.90. The van der Waals surface area contributed by atoms with Gasteiger partial charge in [0.15, 0.2) is 11.5 Å². The number of fused-ring (bicyclic) bond motifs is 1. The molecule has 3 rings (SSSR count). The summed E-state index contributed by atoms with van der Waals surface area (Å²) in [6.45, 7) is 9.52. The molecule has 0 atom stereocenters. The van der Waals surface area contributed by atoms with E-state index in [1.165, 1.54) is 0 Å². The van der Waals surface area contributed by atoms with Crippen LogP contribution >= 0.6 is 0 Å². The van der Waals surface area contributed by atoms with E-state index in [0.717, 1.165) is 11.8 Å². The average Bonchev–Trinajstić information content (AvgIpc) is 2.85. The third-order valence-corrected chi connectivity index (χ3v) is 5.43. The van der Waals surface area contributed by atoms with Gasteiger partial charge in [-0.2, -0.15) is 0 Å². The molecule has 0 unspecified atom stereocenters. The Bertz CT molecular complexity index is 1190. The van der Waals surface area contributed by atoms with Crippen LogP contribution in [0.25, 0.3) is 10.9 Å². The monoisotopic (exact) mass is 482 g/mol. The molecule has 0 aliphatic heterocycles. The second-order valence-electron chi connectivity index (χ2n) is 7.90. The molecule has 8 heteroatoms. The van der Waals surface area contributed by atoms with E-state index >= 15 is 0 Å². The molecule has 1 heterocycles. The Balaban J connectivity index is 2.00. The molecule has 0 fully saturated rings. The summed E-state index contributed by atoms with van der Waals surface area (Å²) < 4.78 is 22.6. The molecule has 188 valence electrons. The van der Waals surface area contributed by atoms with E-state index in [0.29, 0.717) is 66.0 Å². The maximum absolute atomic E-state index is 13.6. The first-order valence-corrected chi connectivity index (χ1v) is 12.0. The Morgan fingerprint density at radius 1 is 0.914 bits per heavy atom. The number of benzene rings is 2. The average molecular weight is 483 g/mol. The van der Waals surface area contributed by atoms with Crippen LogP contribution in [0, 0.1) is 0 Å². The van der Waals surface area contributed by atoms with Gasteiger partial charge < -0.3 is 28.8 Å². The second-order valence-corrected chi connectivity index (χ2v) is 7.90. The highest BCUT2D eigenvalue weighted by atomic mass is 16.5. The van der Waals surface area contributed by atoms with Gasteiger partial charge in [-0.3, -0.25) is 9.59 Å². The number of methoxy groups -OCH3 is 1. The molecule has 3 aromatic rings. The van der Waals surface area contributed by atoms with Crippen molar-refractivity contribution in [2.24, 2.45) is 0 Å². The van der Waals surface area contributed by atoms with Crippen molar-refractivity contribution < 1.29 is 23.7 Å². The van der Waals surface area contributed by atoms with E-state index in [-0.39, 0.29) is 18.0 Å². The summed E-state index contributed by atoms with van der Waals surface area (Å²) in [6.07, 6.45) is 0.735. The van der Waals surface area contributed by atoms with E-state index in [1.807, 2.05) is 39.8 Å². The number of aromatic nitrogens is 1. The van der Waals surface area contributed by atoms with Crippen molar-refractivity contribution in [3.05, 3.63) is 57.9 Å². The van der Waals surface area contributed by atoms with Crippen molar-refractivity contribution in [2.45, 2.75) is 40.7 Å². The zero-order valence-electron chi connectivity index (χ0n) is 21.1. The van der Waals surface area contributed by atoms with E-state index in [4.69, 9.17) is 18.9 Å². The highest BCUT2D eigenvalue weighted by Crippen LogP contribution is 2.39. The number of pyridine rings is 1. The Morgan fingerprint density at radius 3 is 2.14 bits per heavy atom. The van der Waals surface area contributed by atoms with Gasteiger partial charge in [0.25, 0.3) is 11.5 Å². The summed E-state index contributed by atoms with van der Waals surface area (Å²) in [4.78, 5) is 31.0. The first kappa shape index (κ1) is 25.9. The predicted octanol–water partition coefficient (Wildman–Crippen LogP) is 4.79. The van der Waals surface area contributed by atoms with Gasteiger partial charge in [0.05, 0.1) is 33.5 Å². The third-order valence-electron chi connectivity index (χ3n) is 5.43. The van der Waals surface area contributed by atoms with Crippen LogP contribution in [0.5, 0.6) is 23.0 Å². The largest absolute Gasteiger partial charge is 0.497 e. The number of rotatable bonds is 12. The van der Waals surface area contributed by atoms with Crippen LogP contribution in [0.15, 0.2) is 41.2 Å². The Morgan fingerprint density at radius 2 is 1.57 bits per heavy atom. The first-order chi connectivity index (χ1) is 16.9. The number of aromatic amines is 1. The smallest absolute Gasteiger partial charge is 0.254 e. The first-order valence-electron chi connectivity index (χ1n) is 12.0. The molecule has 0 spiro atoms. The van der Waals surface area contributed by atoms with Crippen molar-refractivity contribution in [1.29, 1.82) is 0 Å². The van der Waals surface area contributed by atoms with E-state index in [1.54, 1.807) is 36.3 Å². The lowest BCUT2D eigenvalue weighted by molar-refractivity contribution is 0.0741. The van der Waals surface area contributed by atoms with Gasteiger partial charge >= 0.3 is 0 Å². The van der Waals surface area contributed by atoms with Crippen LogP contribution in [0.2, 0.25) is 0 Å². The molecule has 0 aliphatic carbocycles. The van der Waals surface area contributed by atoms with Gasteiger partial charge in [0, 0.05) is 28.6 Å². The number of H-pyrrole nitrogens is 1. The molecule has 2 aromatic carbocycles. The molecule has 8 nitrogen and oxygen atoms in total. The summed E-state index contributed by atoms with van der Waals surface area (Å²) in [7, 11) is 1.60. The summed E-state index contributed by atoms with van der Waals surface area (Å²) in [5.41, 5.74) is 1.39. The number of amides is 1. The van der Waals surface area contributed by atoms with Crippen molar-refractivity contribution in [1.82, 2.24) is 9.88 Å². The minimum absolute atomic E-state index is 0.163. The number of nitrogens with one attached hydrogen (secondary N) is 1.